The SMILES string of the molecule is CCOC(=O)CCOc1cc(F)c(N2C(=O)OC(=C(C)C)C2=O)cc1[N+](=O)[O-]. The highest BCUT2D eigenvalue weighted by molar-refractivity contribution is 6.23. The van der Waals surface area contributed by atoms with Crippen LogP contribution in [0.2, 0.25) is 0 Å². The zero-order valence-electron chi connectivity index (χ0n) is 15.3. The van der Waals surface area contributed by atoms with Gasteiger partial charge in [0.15, 0.2) is 17.3 Å². The number of nitrogens with zero attached hydrogens (tertiary/aromatic N) is 2. The van der Waals surface area contributed by atoms with Crippen LogP contribution in [-0.4, -0.2) is 36.1 Å². The third-order valence-corrected chi connectivity index (χ3v) is 3.56. The number of cyclic esters (lactones) is 1. The van der Waals surface area contributed by atoms with Gasteiger partial charge in [0.25, 0.3) is 0 Å². The number of hydrogen-bond donors (Lipinski definition) is 0. The lowest BCUT2D eigenvalue weighted by molar-refractivity contribution is -0.385. The molecule has 2 rings (SSSR count). The minimum atomic E-state index is -1.18. The van der Waals surface area contributed by atoms with E-state index < -0.39 is 45.8 Å². The second kappa shape index (κ2) is 8.46. The molecule has 1 aromatic rings. The Morgan fingerprint density at radius 1 is 1.32 bits per heavy atom. The van der Waals surface area contributed by atoms with Gasteiger partial charge in [-0.2, -0.15) is 0 Å². The van der Waals surface area contributed by atoms with E-state index in [9.17, 15) is 28.9 Å². The highest BCUT2D eigenvalue weighted by Gasteiger charge is 2.41. The summed E-state index contributed by atoms with van der Waals surface area (Å²) in [6, 6.07) is 1.36. The number of amides is 2. The third-order valence-electron chi connectivity index (χ3n) is 3.56. The molecule has 11 heteroatoms. The fourth-order valence-electron chi connectivity index (χ4n) is 2.32. The summed E-state index contributed by atoms with van der Waals surface area (Å²) in [6.45, 7) is 4.52. The van der Waals surface area contributed by atoms with Gasteiger partial charge in [0.1, 0.15) is 0 Å². The molecule has 10 nitrogen and oxygen atoms in total. The van der Waals surface area contributed by atoms with Crippen molar-refractivity contribution in [2.45, 2.75) is 27.2 Å². The Labute approximate surface area is 158 Å². The number of nitro groups is 1. The topological polar surface area (TPSA) is 125 Å². The number of halogens is 1. The molecule has 0 saturated carbocycles. The minimum Gasteiger partial charge on any atom is -0.486 e. The van der Waals surface area contributed by atoms with Crippen molar-refractivity contribution < 1.29 is 37.9 Å². The molecule has 150 valence electrons. The van der Waals surface area contributed by atoms with Crippen molar-refractivity contribution in [2.24, 2.45) is 0 Å². The summed E-state index contributed by atoms with van der Waals surface area (Å²) in [4.78, 5) is 46.4. The second-order valence-corrected chi connectivity index (χ2v) is 5.77. The molecule has 0 atom stereocenters. The van der Waals surface area contributed by atoms with Crippen molar-refractivity contribution in [3.63, 3.8) is 0 Å². The third kappa shape index (κ3) is 4.24. The Hall–Kier alpha value is -3.50. The van der Waals surface area contributed by atoms with E-state index in [1.54, 1.807) is 6.92 Å². The molecule has 1 aliphatic heterocycles. The molecule has 1 heterocycles. The molecule has 0 N–H and O–H groups in total. The fraction of sp³-hybridized carbons (Fsp3) is 0.353. The number of allylic oxidation sites excluding steroid dienone is 1. The number of rotatable bonds is 7. The Kier molecular flexibility index (Phi) is 6.29. The van der Waals surface area contributed by atoms with Crippen LogP contribution in [-0.2, 0) is 19.1 Å². The van der Waals surface area contributed by atoms with Crippen LogP contribution in [0, 0.1) is 15.9 Å². The Bertz CT molecular complexity index is 876. The number of carbonyl (C=O) groups excluding carboxylic acids is 3. The highest BCUT2D eigenvalue weighted by Crippen LogP contribution is 2.37. The lowest BCUT2D eigenvalue weighted by Gasteiger charge is -2.13. The van der Waals surface area contributed by atoms with Crippen molar-refractivity contribution in [3.8, 4) is 5.75 Å². The molecule has 0 unspecified atom stereocenters. The quantitative estimate of drug-likeness (QED) is 0.298. The molecule has 0 aliphatic carbocycles. The van der Waals surface area contributed by atoms with Crippen LogP contribution in [0.1, 0.15) is 27.2 Å². The molecule has 0 aromatic heterocycles. The molecule has 0 spiro atoms. The second-order valence-electron chi connectivity index (χ2n) is 5.77. The van der Waals surface area contributed by atoms with Gasteiger partial charge in [-0.3, -0.25) is 19.7 Å². The van der Waals surface area contributed by atoms with E-state index >= 15 is 0 Å². The van der Waals surface area contributed by atoms with Crippen LogP contribution in [0.15, 0.2) is 23.5 Å². The molecule has 1 saturated heterocycles. The fourth-order valence-corrected chi connectivity index (χ4v) is 2.32. The largest absolute Gasteiger partial charge is 0.486 e. The molecular formula is C17H17FN2O8. The Balaban J connectivity index is 2.34. The first-order valence-corrected chi connectivity index (χ1v) is 8.17. The van der Waals surface area contributed by atoms with E-state index in [4.69, 9.17) is 14.2 Å². The summed E-state index contributed by atoms with van der Waals surface area (Å²) in [5.41, 5.74) is -0.947. The number of nitro benzene ring substituents is 1. The number of anilines is 1. The summed E-state index contributed by atoms with van der Waals surface area (Å²) >= 11 is 0. The minimum absolute atomic E-state index is 0.163. The van der Waals surface area contributed by atoms with E-state index in [0.717, 1.165) is 0 Å². The van der Waals surface area contributed by atoms with Gasteiger partial charge < -0.3 is 14.2 Å². The molecule has 28 heavy (non-hydrogen) atoms. The molecule has 1 aromatic carbocycles. The van der Waals surface area contributed by atoms with Gasteiger partial charge in [-0.1, -0.05) is 0 Å². The van der Waals surface area contributed by atoms with E-state index in [-0.39, 0.29) is 25.4 Å². The first-order valence-electron chi connectivity index (χ1n) is 8.17. The van der Waals surface area contributed by atoms with Crippen molar-refractivity contribution in [1.82, 2.24) is 0 Å². The van der Waals surface area contributed by atoms with Crippen LogP contribution in [0.5, 0.6) is 5.75 Å². The number of hydrogen-bond acceptors (Lipinski definition) is 8. The first kappa shape index (κ1) is 20.8. The first-order chi connectivity index (χ1) is 13.2. The van der Waals surface area contributed by atoms with Gasteiger partial charge >= 0.3 is 23.7 Å². The van der Waals surface area contributed by atoms with Crippen LogP contribution in [0.3, 0.4) is 0 Å². The summed E-state index contributed by atoms with van der Waals surface area (Å²) < 4.78 is 29.1. The van der Waals surface area contributed by atoms with Gasteiger partial charge in [-0.05, 0) is 26.3 Å². The van der Waals surface area contributed by atoms with E-state index in [1.807, 2.05) is 0 Å². The number of benzene rings is 1. The highest BCUT2D eigenvalue weighted by atomic mass is 19.1. The number of imide groups is 1. The molecule has 0 radical (unpaired) electrons. The van der Waals surface area contributed by atoms with Crippen molar-refractivity contribution in [1.29, 1.82) is 0 Å². The molecule has 1 fully saturated rings. The Morgan fingerprint density at radius 2 is 2.00 bits per heavy atom. The van der Waals surface area contributed by atoms with Gasteiger partial charge in [0.05, 0.1) is 30.2 Å². The maximum absolute atomic E-state index is 14.5. The average molecular weight is 396 g/mol. The van der Waals surface area contributed by atoms with Crippen LogP contribution < -0.4 is 9.64 Å². The number of carbonyl (C=O) groups is 3. The monoisotopic (exact) mass is 396 g/mol. The summed E-state index contributed by atoms with van der Waals surface area (Å²) in [6.07, 6.45) is -1.37. The van der Waals surface area contributed by atoms with E-state index in [2.05, 4.69) is 0 Å². The predicted octanol–water partition coefficient (Wildman–Crippen LogP) is 2.84. The average Bonchev–Trinajstić information content (AvgIpc) is 2.90. The maximum Gasteiger partial charge on any atom is 0.427 e. The molecule has 2 amide bonds. The molecule has 0 bridgehead atoms. The summed E-state index contributed by atoms with van der Waals surface area (Å²) in [7, 11) is 0. The van der Waals surface area contributed by atoms with Crippen molar-refractivity contribution in [2.75, 3.05) is 18.1 Å². The van der Waals surface area contributed by atoms with Gasteiger partial charge in [-0.25, -0.2) is 14.1 Å². The van der Waals surface area contributed by atoms with E-state index in [1.165, 1.54) is 13.8 Å². The smallest absolute Gasteiger partial charge is 0.427 e. The Morgan fingerprint density at radius 3 is 2.54 bits per heavy atom. The number of ether oxygens (including phenoxy) is 3. The summed E-state index contributed by atoms with van der Waals surface area (Å²) in [5, 5.41) is 11.3. The van der Waals surface area contributed by atoms with Gasteiger partial charge in [0, 0.05) is 12.1 Å². The lowest BCUT2D eigenvalue weighted by Crippen LogP contribution is -2.29. The van der Waals surface area contributed by atoms with Crippen LogP contribution in [0.25, 0.3) is 0 Å². The van der Waals surface area contributed by atoms with Crippen molar-refractivity contribution in [3.05, 3.63) is 39.4 Å². The summed E-state index contributed by atoms with van der Waals surface area (Å²) in [5.74, 6) is -3.37. The van der Waals surface area contributed by atoms with Crippen LogP contribution in [0.4, 0.5) is 20.6 Å². The predicted molar refractivity (Wildman–Crippen MR) is 92.1 cm³/mol. The maximum atomic E-state index is 14.5. The molecule has 1 aliphatic rings. The lowest BCUT2D eigenvalue weighted by atomic mass is 10.2. The standard InChI is InChI=1S/C17H17FN2O8/c1-4-26-14(21)5-6-27-13-7-10(18)11(8-12(13)20(24)25)19-16(22)15(9(2)3)28-17(19)23/h7-8H,4-6H2,1-3H3. The van der Waals surface area contributed by atoms with Crippen LogP contribution >= 0.6 is 0 Å². The normalized spacial score (nSPS) is 13.4. The van der Waals surface area contributed by atoms with Gasteiger partial charge in [-0.15, -0.1) is 0 Å². The van der Waals surface area contributed by atoms with Crippen molar-refractivity contribution >= 4 is 29.3 Å². The zero-order valence-corrected chi connectivity index (χ0v) is 15.3. The zero-order chi connectivity index (χ0) is 21.0. The van der Waals surface area contributed by atoms with Gasteiger partial charge in [0.2, 0.25) is 0 Å². The number of esters is 1. The molecular weight excluding hydrogens is 379 g/mol. The van der Waals surface area contributed by atoms with E-state index in [0.29, 0.717) is 22.6 Å².